The van der Waals surface area contributed by atoms with Gasteiger partial charge in [-0.05, 0) is 19.4 Å². The van der Waals surface area contributed by atoms with Crippen molar-refractivity contribution in [1.29, 1.82) is 0 Å². The van der Waals surface area contributed by atoms with Gasteiger partial charge in [-0.3, -0.25) is 0 Å². The Morgan fingerprint density at radius 1 is 1.62 bits per heavy atom. The molecule has 0 saturated heterocycles. The van der Waals surface area contributed by atoms with Crippen molar-refractivity contribution in [1.82, 2.24) is 0 Å². The topological polar surface area (TPSA) is 24.7 Å². The van der Waals surface area contributed by atoms with E-state index in [9.17, 15) is 0 Å². The van der Waals surface area contributed by atoms with Crippen LogP contribution in [0.25, 0.3) is 0 Å². The molecule has 0 spiro atoms. The minimum Gasteiger partial charge on any atom is -0.167 e. The van der Waals surface area contributed by atoms with Gasteiger partial charge in [0.1, 0.15) is 0 Å². The predicted molar refractivity (Wildman–Crippen MR) is 58.8 cm³/mol. The van der Waals surface area contributed by atoms with E-state index in [-0.39, 0.29) is 0 Å². The monoisotopic (exact) mass is 190 g/mol. The van der Waals surface area contributed by atoms with Crippen LogP contribution in [0.5, 0.6) is 0 Å². The van der Waals surface area contributed by atoms with Crippen LogP contribution < -0.4 is 0 Å². The third kappa shape index (κ3) is 2.27. The Hall–Kier alpha value is -1.40. The number of thiophene rings is 1. The van der Waals surface area contributed by atoms with E-state index in [4.69, 9.17) is 0 Å². The van der Waals surface area contributed by atoms with Gasteiger partial charge >= 0.3 is 0 Å². The van der Waals surface area contributed by atoms with Crippen LogP contribution >= 0.6 is 11.3 Å². The Balaban J connectivity index is 3.03. The molecular weight excluding hydrogens is 180 g/mol. The third-order valence-corrected chi connectivity index (χ3v) is 2.61. The number of rotatable bonds is 2. The zero-order valence-electron chi connectivity index (χ0n) is 7.66. The lowest BCUT2D eigenvalue weighted by atomic mass is 10.2. The maximum atomic E-state index is 3.73. The van der Waals surface area contributed by atoms with E-state index in [0.29, 0.717) is 0 Å². The fraction of sp³-hybridized carbons (Fsp3) is 0.200. The first-order valence-electron chi connectivity index (χ1n) is 3.79. The van der Waals surface area contributed by atoms with Crippen molar-refractivity contribution in [3.63, 3.8) is 0 Å². The average molecular weight is 190 g/mol. The highest BCUT2D eigenvalue weighted by atomic mass is 32.1. The molecule has 0 N–H and O–H groups in total. The molecule has 1 aromatic rings. The van der Waals surface area contributed by atoms with Crippen molar-refractivity contribution in [2.45, 2.75) is 13.8 Å². The van der Waals surface area contributed by atoms with E-state index in [1.807, 2.05) is 19.2 Å². The first-order valence-corrected chi connectivity index (χ1v) is 4.67. The van der Waals surface area contributed by atoms with Crippen LogP contribution in [0.2, 0.25) is 0 Å². The van der Waals surface area contributed by atoms with E-state index in [1.54, 1.807) is 17.6 Å². The molecule has 0 amide bonds. The summed E-state index contributed by atoms with van der Waals surface area (Å²) in [6.45, 7) is 7.14. The molecule has 13 heavy (non-hydrogen) atoms. The normalized spacial score (nSPS) is 9.69. The number of nitrogens with zero attached hydrogens (tertiary/aromatic N) is 2. The number of hydrogen-bond acceptors (Lipinski definition) is 3. The fourth-order valence-corrected chi connectivity index (χ4v) is 1.79. The molecule has 0 unspecified atom stereocenters. The van der Waals surface area contributed by atoms with Gasteiger partial charge in [0.05, 0.1) is 11.1 Å². The Morgan fingerprint density at radius 3 is 3.00 bits per heavy atom. The van der Waals surface area contributed by atoms with E-state index >= 15 is 0 Å². The highest BCUT2D eigenvalue weighted by Gasteiger charge is 2.02. The fourth-order valence-electron chi connectivity index (χ4n) is 0.910. The van der Waals surface area contributed by atoms with Crippen LogP contribution in [-0.2, 0) is 0 Å². The second-order valence-corrected chi connectivity index (χ2v) is 3.31. The lowest BCUT2D eigenvalue weighted by molar-refractivity contribution is 1.28. The molecule has 0 saturated carbocycles. The van der Waals surface area contributed by atoms with E-state index in [2.05, 4.69) is 28.8 Å². The molecule has 1 heterocycles. The van der Waals surface area contributed by atoms with Gasteiger partial charge in [-0.1, -0.05) is 5.92 Å². The summed E-state index contributed by atoms with van der Waals surface area (Å²) in [5.74, 6) is 5.90. The SMILES string of the molecule is C=N/N=C\c1scc(C#CC)c1C. The zero-order chi connectivity index (χ0) is 9.68. The summed E-state index contributed by atoms with van der Waals surface area (Å²) in [5.41, 5.74) is 2.23. The molecular formula is C10H10N2S. The van der Waals surface area contributed by atoms with Crippen molar-refractivity contribution >= 4 is 24.3 Å². The highest BCUT2D eigenvalue weighted by molar-refractivity contribution is 7.12. The summed E-state index contributed by atoms with van der Waals surface area (Å²) in [6.07, 6.45) is 1.70. The van der Waals surface area contributed by atoms with Gasteiger partial charge in [0.15, 0.2) is 0 Å². The molecule has 2 nitrogen and oxygen atoms in total. The molecule has 0 radical (unpaired) electrons. The molecule has 0 atom stereocenters. The lowest BCUT2D eigenvalue weighted by Crippen LogP contribution is -1.80. The maximum absolute atomic E-state index is 3.73. The molecule has 0 aliphatic heterocycles. The molecule has 0 aliphatic rings. The predicted octanol–water partition coefficient (Wildman–Crippen LogP) is 2.46. The second-order valence-electron chi connectivity index (χ2n) is 2.40. The van der Waals surface area contributed by atoms with Gasteiger partial charge in [-0.2, -0.15) is 10.2 Å². The smallest absolute Gasteiger partial charge is 0.0670 e. The Bertz CT molecular complexity index is 391. The largest absolute Gasteiger partial charge is 0.167 e. The molecule has 0 fully saturated rings. The third-order valence-electron chi connectivity index (χ3n) is 1.59. The summed E-state index contributed by atoms with van der Waals surface area (Å²) < 4.78 is 0. The first-order chi connectivity index (χ1) is 6.29. The minimum absolute atomic E-state index is 1.07. The standard InChI is InChI=1S/C10H10N2S/c1-4-5-9-7-13-10(8(9)2)6-12-11-3/h6-7H,3H2,1-2H3/b12-6-. The summed E-state index contributed by atoms with van der Waals surface area (Å²) >= 11 is 1.62. The molecule has 66 valence electrons. The number of hydrogen-bond donors (Lipinski definition) is 0. The highest BCUT2D eigenvalue weighted by Crippen LogP contribution is 2.18. The van der Waals surface area contributed by atoms with Gasteiger partial charge in [0, 0.05) is 17.7 Å². The summed E-state index contributed by atoms with van der Waals surface area (Å²) in [4.78, 5) is 1.09. The van der Waals surface area contributed by atoms with E-state index < -0.39 is 0 Å². The van der Waals surface area contributed by atoms with Crippen molar-refractivity contribution in [2.24, 2.45) is 10.2 Å². The summed E-state index contributed by atoms with van der Waals surface area (Å²) in [6, 6.07) is 0. The van der Waals surface area contributed by atoms with Crippen molar-refractivity contribution in [3.05, 3.63) is 21.4 Å². The van der Waals surface area contributed by atoms with Crippen LogP contribution in [-0.4, -0.2) is 12.9 Å². The van der Waals surface area contributed by atoms with Crippen molar-refractivity contribution in [3.8, 4) is 11.8 Å². The average Bonchev–Trinajstić information content (AvgIpc) is 2.46. The molecule has 1 aromatic heterocycles. The Kier molecular flexibility index (Phi) is 3.41. The van der Waals surface area contributed by atoms with Crippen LogP contribution in [0.15, 0.2) is 15.6 Å². The molecule has 1 rings (SSSR count). The second kappa shape index (κ2) is 4.58. The molecule has 0 bridgehead atoms. The van der Waals surface area contributed by atoms with Crippen LogP contribution in [0.4, 0.5) is 0 Å². The Morgan fingerprint density at radius 2 is 2.38 bits per heavy atom. The quantitative estimate of drug-likeness (QED) is 0.389. The zero-order valence-corrected chi connectivity index (χ0v) is 8.48. The van der Waals surface area contributed by atoms with Crippen LogP contribution in [0.3, 0.4) is 0 Å². The molecule has 0 aromatic carbocycles. The Labute approximate surface area is 82.0 Å². The van der Waals surface area contributed by atoms with Gasteiger partial charge in [-0.25, -0.2) is 0 Å². The summed E-state index contributed by atoms with van der Waals surface area (Å²) in [5, 5.41) is 9.17. The van der Waals surface area contributed by atoms with Crippen LogP contribution in [0, 0.1) is 18.8 Å². The van der Waals surface area contributed by atoms with Gasteiger partial charge in [0.25, 0.3) is 0 Å². The molecule has 3 heteroatoms. The van der Waals surface area contributed by atoms with Gasteiger partial charge in [0.2, 0.25) is 0 Å². The van der Waals surface area contributed by atoms with E-state index in [0.717, 1.165) is 16.0 Å². The van der Waals surface area contributed by atoms with Crippen molar-refractivity contribution in [2.75, 3.05) is 0 Å². The summed E-state index contributed by atoms with van der Waals surface area (Å²) in [7, 11) is 0. The minimum atomic E-state index is 1.07. The lowest BCUT2D eigenvalue weighted by Gasteiger charge is -1.88. The van der Waals surface area contributed by atoms with E-state index in [1.165, 1.54) is 0 Å². The first kappa shape index (κ1) is 9.69. The molecule has 0 aliphatic carbocycles. The van der Waals surface area contributed by atoms with Crippen molar-refractivity contribution < 1.29 is 0 Å². The van der Waals surface area contributed by atoms with Gasteiger partial charge < -0.3 is 0 Å². The van der Waals surface area contributed by atoms with Crippen LogP contribution in [0.1, 0.15) is 22.9 Å². The maximum Gasteiger partial charge on any atom is 0.0670 e. The van der Waals surface area contributed by atoms with Gasteiger partial charge in [-0.15, -0.1) is 17.3 Å².